The van der Waals surface area contributed by atoms with E-state index >= 15 is 0 Å². The summed E-state index contributed by atoms with van der Waals surface area (Å²) in [6, 6.07) is 5.69. The number of alkyl halides is 3. The van der Waals surface area contributed by atoms with E-state index in [-0.39, 0.29) is 17.2 Å². The number of hydrogen-bond acceptors (Lipinski definition) is 2. The van der Waals surface area contributed by atoms with Gasteiger partial charge in [0, 0.05) is 38.5 Å². The molecule has 29 heavy (non-hydrogen) atoms. The maximum atomic E-state index is 13.1. The molecule has 8 heteroatoms. The van der Waals surface area contributed by atoms with Crippen LogP contribution >= 0.6 is 0 Å². The van der Waals surface area contributed by atoms with Crippen molar-refractivity contribution in [1.29, 1.82) is 0 Å². The summed E-state index contributed by atoms with van der Waals surface area (Å²) in [6.45, 7) is 2.09. The van der Waals surface area contributed by atoms with Gasteiger partial charge in [0.15, 0.2) is 5.96 Å². The first-order valence-electron chi connectivity index (χ1n) is 10.2. The molecule has 1 saturated carbocycles. The van der Waals surface area contributed by atoms with E-state index in [1.807, 2.05) is 0 Å². The molecule has 1 aromatic carbocycles. The van der Waals surface area contributed by atoms with E-state index in [9.17, 15) is 18.0 Å². The number of primary amides is 1. The Kier molecular flexibility index (Phi) is 6.39. The number of carbonyl (C=O) groups excluding carboxylic acids is 1. The van der Waals surface area contributed by atoms with Gasteiger partial charge in [-0.05, 0) is 43.2 Å². The number of nitrogens with one attached hydrogen (secondary N) is 1. The lowest BCUT2D eigenvalue weighted by Gasteiger charge is -2.44. The van der Waals surface area contributed by atoms with Crippen molar-refractivity contribution in [2.75, 3.05) is 26.7 Å². The van der Waals surface area contributed by atoms with Crippen LogP contribution < -0.4 is 11.1 Å². The average molecular weight is 410 g/mol. The number of carbonyl (C=O) groups is 1. The third-order valence-electron chi connectivity index (χ3n) is 6.22. The molecule has 1 heterocycles. The normalized spacial score (nSPS) is 22.1. The largest absolute Gasteiger partial charge is 0.416 e. The first kappa shape index (κ1) is 21.5. The van der Waals surface area contributed by atoms with E-state index in [0.29, 0.717) is 19.5 Å². The van der Waals surface area contributed by atoms with E-state index in [0.717, 1.165) is 56.2 Å². The Hall–Kier alpha value is -2.25. The molecule has 3 rings (SSSR count). The molecule has 1 atom stereocenters. The van der Waals surface area contributed by atoms with Gasteiger partial charge in [0.2, 0.25) is 5.91 Å². The highest BCUT2D eigenvalue weighted by Gasteiger charge is 2.41. The fourth-order valence-electron chi connectivity index (χ4n) is 4.49. The minimum absolute atomic E-state index is 0.209. The van der Waals surface area contributed by atoms with Crippen LogP contribution in [0.5, 0.6) is 0 Å². The number of hydrogen-bond donors (Lipinski definition) is 2. The predicted octanol–water partition coefficient (Wildman–Crippen LogP) is 3.29. The molecule has 0 radical (unpaired) electrons. The fourth-order valence-corrected chi connectivity index (χ4v) is 4.49. The number of amides is 1. The van der Waals surface area contributed by atoms with Crippen molar-refractivity contribution in [1.82, 2.24) is 10.2 Å². The van der Waals surface area contributed by atoms with E-state index < -0.39 is 11.7 Å². The van der Waals surface area contributed by atoms with Crippen LogP contribution in [0.4, 0.5) is 13.2 Å². The van der Waals surface area contributed by atoms with Crippen molar-refractivity contribution in [3.05, 3.63) is 35.4 Å². The summed E-state index contributed by atoms with van der Waals surface area (Å²) < 4.78 is 39.4. The number of likely N-dealkylation sites (tertiary alicyclic amines) is 1. The van der Waals surface area contributed by atoms with Crippen LogP contribution in [0, 0.1) is 5.92 Å². The number of rotatable bonds is 5. The SMILES string of the molecule is CN=C(NCC1(c2cccc(C(F)(F)F)c2)CCC1)N1CCCC(CC(N)=O)C1. The summed E-state index contributed by atoms with van der Waals surface area (Å²) in [4.78, 5) is 17.7. The Morgan fingerprint density at radius 2 is 2.10 bits per heavy atom. The van der Waals surface area contributed by atoms with E-state index in [1.54, 1.807) is 13.1 Å². The molecule has 5 nitrogen and oxygen atoms in total. The highest BCUT2D eigenvalue weighted by Crippen LogP contribution is 2.44. The van der Waals surface area contributed by atoms with Gasteiger partial charge in [0.1, 0.15) is 0 Å². The topological polar surface area (TPSA) is 70.7 Å². The molecule has 2 fully saturated rings. The first-order chi connectivity index (χ1) is 13.7. The first-order valence-corrected chi connectivity index (χ1v) is 10.2. The third kappa shape index (κ3) is 5.03. The lowest BCUT2D eigenvalue weighted by atomic mass is 9.64. The Labute approximate surface area is 169 Å². The number of guanidine groups is 1. The molecule has 3 N–H and O–H groups in total. The van der Waals surface area contributed by atoms with Crippen LogP contribution in [0.25, 0.3) is 0 Å². The second-order valence-electron chi connectivity index (χ2n) is 8.24. The Balaban J connectivity index is 1.69. The van der Waals surface area contributed by atoms with Gasteiger partial charge in [-0.1, -0.05) is 24.6 Å². The summed E-state index contributed by atoms with van der Waals surface area (Å²) in [5.41, 5.74) is 5.16. The summed E-state index contributed by atoms with van der Waals surface area (Å²) in [7, 11) is 1.71. The zero-order valence-electron chi connectivity index (χ0n) is 16.8. The van der Waals surface area contributed by atoms with Crippen molar-refractivity contribution < 1.29 is 18.0 Å². The second kappa shape index (κ2) is 8.63. The average Bonchev–Trinajstić information content (AvgIpc) is 2.63. The number of halogens is 3. The molecule has 1 amide bonds. The minimum atomic E-state index is -4.34. The standard InChI is InChI=1S/C21H29F3N4O/c1-26-19(28-10-3-5-15(13-28)11-18(25)29)27-14-20(8-4-9-20)16-6-2-7-17(12-16)21(22,23)24/h2,6-7,12,15H,3-5,8-11,13-14H2,1H3,(H2,25,29)(H,26,27). The lowest BCUT2D eigenvalue weighted by Crippen LogP contribution is -2.52. The van der Waals surface area contributed by atoms with E-state index in [1.165, 1.54) is 12.1 Å². The maximum Gasteiger partial charge on any atom is 0.416 e. The highest BCUT2D eigenvalue weighted by atomic mass is 19.4. The highest BCUT2D eigenvalue weighted by molar-refractivity contribution is 5.80. The van der Waals surface area contributed by atoms with Crippen LogP contribution in [0.15, 0.2) is 29.3 Å². The van der Waals surface area contributed by atoms with Crippen LogP contribution in [-0.4, -0.2) is 43.4 Å². The predicted molar refractivity (Wildman–Crippen MR) is 106 cm³/mol. The van der Waals surface area contributed by atoms with E-state index in [4.69, 9.17) is 5.73 Å². The minimum Gasteiger partial charge on any atom is -0.370 e. The molecule has 1 aromatic rings. The third-order valence-corrected chi connectivity index (χ3v) is 6.22. The summed E-state index contributed by atoms with van der Waals surface area (Å²) in [6.07, 6.45) is 0.642. The molecule has 0 spiro atoms. The van der Waals surface area contributed by atoms with Crippen molar-refractivity contribution >= 4 is 11.9 Å². The Bertz CT molecular complexity index is 759. The second-order valence-corrected chi connectivity index (χ2v) is 8.24. The molecule has 1 saturated heterocycles. The summed E-state index contributed by atoms with van der Waals surface area (Å²) in [5.74, 6) is 0.649. The monoisotopic (exact) mass is 410 g/mol. The fraction of sp³-hybridized carbons (Fsp3) is 0.619. The molecule has 1 aliphatic carbocycles. The Morgan fingerprint density at radius 3 is 2.69 bits per heavy atom. The number of nitrogens with zero attached hydrogens (tertiary/aromatic N) is 2. The van der Waals surface area contributed by atoms with Crippen LogP contribution in [-0.2, 0) is 16.4 Å². The lowest BCUT2D eigenvalue weighted by molar-refractivity contribution is -0.137. The number of aliphatic imine (C=N–C) groups is 1. The summed E-state index contributed by atoms with van der Waals surface area (Å²) >= 11 is 0. The number of piperidine rings is 1. The molecule has 0 aromatic heterocycles. The smallest absolute Gasteiger partial charge is 0.370 e. The van der Waals surface area contributed by atoms with Gasteiger partial charge < -0.3 is 16.0 Å². The zero-order valence-corrected chi connectivity index (χ0v) is 16.8. The number of nitrogens with two attached hydrogens (primary N) is 1. The molecule has 2 aliphatic rings. The molecule has 160 valence electrons. The van der Waals surface area contributed by atoms with Crippen molar-refractivity contribution in [2.45, 2.75) is 50.1 Å². The summed E-state index contributed by atoms with van der Waals surface area (Å²) in [5, 5.41) is 3.39. The van der Waals surface area contributed by atoms with Gasteiger partial charge in [-0.25, -0.2) is 0 Å². The van der Waals surface area contributed by atoms with Gasteiger partial charge in [-0.2, -0.15) is 13.2 Å². The molecular weight excluding hydrogens is 381 g/mol. The van der Waals surface area contributed by atoms with Gasteiger partial charge in [0.05, 0.1) is 5.56 Å². The zero-order chi connectivity index (χ0) is 21.1. The molecule has 1 aliphatic heterocycles. The van der Waals surface area contributed by atoms with Gasteiger partial charge in [-0.3, -0.25) is 9.79 Å². The van der Waals surface area contributed by atoms with Crippen molar-refractivity contribution in [3.63, 3.8) is 0 Å². The van der Waals surface area contributed by atoms with Crippen molar-refractivity contribution in [2.24, 2.45) is 16.6 Å². The maximum absolute atomic E-state index is 13.1. The quantitative estimate of drug-likeness (QED) is 0.578. The molecular formula is C21H29F3N4O. The van der Waals surface area contributed by atoms with Crippen LogP contribution in [0.3, 0.4) is 0 Å². The number of benzene rings is 1. The van der Waals surface area contributed by atoms with Crippen LogP contribution in [0.2, 0.25) is 0 Å². The van der Waals surface area contributed by atoms with Gasteiger partial charge >= 0.3 is 6.18 Å². The van der Waals surface area contributed by atoms with Gasteiger partial charge in [-0.15, -0.1) is 0 Å². The van der Waals surface area contributed by atoms with E-state index in [2.05, 4.69) is 15.2 Å². The van der Waals surface area contributed by atoms with Crippen LogP contribution in [0.1, 0.15) is 49.7 Å². The molecule has 0 bridgehead atoms. The molecule has 1 unspecified atom stereocenters. The van der Waals surface area contributed by atoms with Gasteiger partial charge in [0.25, 0.3) is 0 Å². The Morgan fingerprint density at radius 1 is 1.34 bits per heavy atom. The van der Waals surface area contributed by atoms with Crippen molar-refractivity contribution in [3.8, 4) is 0 Å².